The van der Waals surface area contributed by atoms with Crippen molar-refractivity contribution in [2.75, 3.05) is 0 Å². The van der Waals surface area contributed by atoms with Crippen LogP contribution in [-0.4, -0.2) is 25.5 Å². The zero-order valence-electron chi connectivity index (χ0n) is 13.3. The molecule has 0 aromatic heterocycles. The Hall–Kier alpha value is -2.32. The lowest BCUT2D eigenvalue weighted by Crippen LogP contribution is -2.00. The summed E-state index contributed by atoms with van der Waals surface area (Å²) >= 11 is 0. The summed E-state index contributed by atoms with van der Waals surface area (Å²) in [7, 11) is 0. The van der Waals surface area contributed by atoms with Crippen LogP contribution in [0.3, 0.4) is 0 Å². The average molecular weight is 332 g/mol. The van der Waals surface area contributed by atoms with Gasteiger partial charge in [-0.1, -0.05) is 0 Å². The van der Waals surface area contributed by atoms with Gasteiger partial charge in [-0.05, 0) is 53.4 Å². The van der Waals surface area contributed by atoms with Crippen LogP contribution in [0.2, 0.25) is 0 Å². The lowest BCUT2D eigenvalue weighted by molar-refractivity contribution is 0.248. The Bertz CT molecular complexity index is 734. The Morgan fingerprint density at radius 1 is 0.750 bits per heavy atom. The fourth-order valence-electron chi connectivity index (χ4n) is 2.46. The minimum atomic E-state index is -0.315. The summed E-state index contributed by atoms with van der Waals surface area (Å²) in [4.78, 5) is 0. The van der Waals surface area contributed by atoms with Gasteiger partial charge >= 0.3 is 0 Å². The van der Waals surface area contributed by atoms with E-state index >= 15 is 0 Å². The van der Waals surface area contributed by atoms with Gasteiger partial charge in [0.1, 0.15) is 11.4 Å². The number of nitrogens with zero attached hydrogens (tertiary/aromatic N) is 2. The van der Waals surface area contributed by atoms with Crippen LogP contribution in [0.15, 0.2) is 34.5 Å². The molecule has 2 aromatic carbocycles. The van der Waals surface area contributed by atoms with Crippen molar-refractivity contribution in [2.45, 2.75) is 33.4 Å². The highest BCUT2D eigenvalue weighted by Crippen LogP contribution is 2.33. The van der Waals surface area contributed by atoms with Crippen LogP contribution in [0.4, 0.5) is 11.4 Å². The lowest BCUT2D eigenvalue weighted by atomic mass is 10.0. The first kappa shape index (κ1) is 18.0. The highest BCUT2D eigenvalue weighted by molar-refractivity contribution is 5.57. The van der Waals surface area contributed by atoms with Crippen LogP contribution >= 0.6 is 0 Å². The SMILES string of the molecule is Cc1cc(CO)c(O)c(/N=N/c2cc(CO)c(CO)c(CO)c2)c1. The summed E-state index contributed by atoms with van der Waals surface area (Å²) < 4.78 is 0. The normalized spacial score (nSPS) is 11.4. The smallest absolute Gasteiger partial charge is 0.148 e. The van der Waals surface area contributed by atoms with E-state index in [0.29, 0.717) is 27.9 Å². The molecule has 24 heavy (non-hydrogen) atoms. The third-order valence-corrected chi connectivity index (χ3v) is 3.67. The van der Waals surface area contributed by atoms with Gasteiger partial charge in [0.15, 0.2) is 0 Å². The van der Waals surface area contributed by atoms with Crippen molar-refractivity contribution in [3.63, 3.8) is 0 Å². The Balaban J connectivity index is 2.44. The Labute approximate surface area is 139 Å². The summed E-state index contributed by atoms with van der Waals surface area (Å²) in [6, 6.07) is 6.38. The second-order valence-electron chi connectivity index (χ2n) is 5.37. The number of phenols is 1. The van der Waals surface area contributed by atoms with Crippen LogP contribution in [0.25, 0.3) is 0 Å². The molecule has 2 rings (SSSR count). The number of benzene rings is 2. The third kappa shape index (κ3) is 3.77. The molecule has 7 nitrogen and oxygen atoms in total. The van der Waals surface area contributed by atoms with E-state index in [0.717, 1.165) is 5.56 Å². The summed E-state index contributed by atoms with van der Waals surface area (Å²) in [5.74, 6) is -0.149. The number of aromatic hydroxyl groups is 1. The van der Waals surface area contributed by atoms with E-state index in [4.69, 9.17) is 0 Å². The number of aliphatic hydroxyl groups excluding tert-OH is 4. The fraction of sp³-hybridized carbons (Fsp3) is 0.294. The quantitative estimate of drug-likeness (QED) is 0.518. The number of hydrogen-bond acceptors (Lipinski definition) is 7. The van der Waals surface area contributed by atoms with Crippen LogP contribution < -0.4 is 0 Å². The molecule has 2 aromatic rings. The molecule has 0 aliphatic heterocycles. The summed E-state index contributed by atoms with van der Waals surface area (Å²) in [5, 5.41) is 55.4. The van der Waals surface area contributed by atoms with E-state index in [1.807, 2.05) is 0 Å². The van der Waals surface area contributed by atoms with Gasteiger partial charge in [0, 0.05) is 5.56 Å². The molecular formula is C17H20N2O5. The second kappa shape index (κ2) is 7.98. The Morgan fingerprint density at radius 2 is 1.33 bits per heavy atom. The standard InChI is InChI=1S/C17H20N2O5/c1-10-2-13(8-22)17(24)16(3-10)19-18-14-4-11(6-20)15(9-23)12(5-14)7-21/h2-5,20-24H,6-9H2,1H3/b19-18+. The van der Waals surface area contributed by atoms with Crippen molar-refractivity contribution in [3.05, 3.63) is 52.1 Å². The van der Waals surface area contributed by atoms with E-state index in [1.54, 1.807) is 31.2 Å². The Morgan fingerprint density at radius 3 is 1.83 bits per heavy atom. The molecule has 0 spiro atoms. The molecule has 0 amide bonds. The molecule has 0 heterocycles. The molecule has 0 fully saturated rings. The van der Waals surface area contributed by atoms with E-state index in [-0.39, 0.29) is 37.9 Å². The molecule has 0 unspecified atom stereocenters. The maximum absolute atomic E-state index is 10.0. The maximum Gasteiger partial charge on any atom is 0.148 e. The van der Waals surface area contributed by atoms with Gasteiger partial charge < -0.3 is 25.5 Å². The summed E-state index contributed by atoms with van der Waals surface area (Å²) in [5.41, 5.74) is 3.10. The van der Waals surface area contributed by atoms with E-state index in [1.165, 1.54) is 0 Å². The van der Waals surface area contributed by atoms with E-state index in [9.17, 15) is 25.5 Å². The van der Waals surface area contributed by atoms with Crippen LogP contribution in [0.5, 0.6) is 5.75 Å². The monoisotopic (exact) mass is 332 g/mol. The molecule has 0 radical (unpaired) electrons. The molecule has 128 valence electrons. The molecular weight excluding hydrogens is 312 g/mol. The van der Waals surface area contributed by atoms with E-state index in [2.05, 4.69) is 10.2 Å². The van der Waals surface area contributed by atoms with Gasteiger partial charge in [0.2, 0.25) is 0 Å². The first-order valence-electron chi connectivity index (χ1n) is 7.36. The van der Waals surface area contributed by atoms with Crippen molar-refractivity contribution in [1.82, 2.24) is 0 Å². The van der Waals surface area contributed by atoms with Crippen molar-refractivity contribution in [1.29, 1.82) is 0 Å². The number of aryl methyl sites for hydroxylation is 1. The summed E-state index contributed by atoms with van der Waals surface area (Å²) in [6.45, 7) is 0.570. The predicted octanol–water partition coefficient (Wildman–Crippen LogP) is 2.09. The maximum atomic E-state index is 10.0. The first-order valence-corrected chi connectivity index (χ1v) is 7.36. The lowest BCUT2D eigenvalue weighted by Gasteiger charge is -2.11. The van der Waals surface area contributed by atoms with Gasteiger partial charge in [0.05, 0.1) is 32.1 Å². The number of rotatable bonds is 6. The highest BCUT2D eigenvalue weighted by Gasteiger charge is 2.11. The van der Waals surface area contributed by atoms with Gasteiger partial charge in [-0.25, -0.2) is 0 Å². The van der Waals surface area contributed by atoms with Gasteiger partial charge in [-0.3, -0.25) is 0 Å². The second-order valence-corrected chi connectivity index (χ2v) is 5.37. The van der Waals surface area contributed by atoms with Crippen molar-refractivity contribution in [2.24, 2.45) is 10.2 Å². The fourth-order valence-corrected chi connectivity index (χ4v) is 2.46. The van der Waals surface area contributed by atoms with Crippen LogP contribution in [-0.2, 0) is 26.4 Å². The third-order valence-electron chi connectivity index (χ3n) is 3.67. The topological polar surface area (TPSA) is 126 Å². The van der Waals surface area contributed by atoms with E-state index < -0.39 is 0 Å². The molecule has 0 saturated heterocycles. The highest BCUT2D eigenvalue weighted by atomic mass is 16.3. The van der Waals surface area contributed by atoms with Crippen molar-refractivity contribution >= 4 is 11.4 Å². The Kier molecular flexibility index (Phi) is 5.99. The minimum absolute atomic E-state index is 0.149. The molecule has 5 N–H and O–H groups in total. The molecule has 7 heteroatoms. The molecule has 0 aliphatic carbocycles. The zero-order valence-corrected chi connectivity index (χ0v) is 13.3. The van der Waals surface area contributed by atoms with Crippen LogP contribution in [0, 0.1) is 6.92 Å². The summed E-state index contributed by atoms with van der Waals surface area (Å²) in [6.07, 6.45) is 0. The van der Waals surface area contributed by atoms with Gasteiger partial charge in [0.25, 0.3) is 0 Å². The number of hydrogen-bond donors (Lipinski definition) is 5. The van der Waals surface area contributed by atoms with Crippen molar-refractivity contribution in [3.8, 4) is 5.75 Å². The molecule has 0 atom stereocenters. The molecule has 0 aliphatic rings. The average Bonchev–Trinajstić information content (AvgIpc) is 2.60. The zero-order chi connectivity index (χ0) is 17.7. The number of aliphatic hydroxyl groups is 4. The van der Waals surface area contributed by atoms with Crippen molar-refractivity contribution < 1.29 is 25.5 Å². The largest absolute Gasteiger partial charge is 0.505 e. The molecule has 0 saturated carbocycles. The molecule has 0 bridgehead atoms. The van der Waals surface area contributed by atoms with Crippen LogP contribution in [0.1, 0.15) is 27.8 Å². The van der Waals surface area contributed by atoms with Gasteiger partial charge in [-0.15, -0.1) is 5.11 Å². The number of azo groups is 1. The minimum Gasteiger partial charge on any atom is -0.505 e. The first-order chi connectivity index (χ1) is 11.5. The van der Waals surface area contributed by atoms with Gasteiger partial charge in [-0.2, -0.15) is 5.11 Å². The predicted molar refractivity (Wildman–Crippen MR) is 87.2 cm³/mol.